The number of nitrogen functional groups attached to an aromatic ring is 1. The zero-order chi connectivity index (χ0) is 13.0. The summed E-state index contributed by atoms with van der Waals surface area (Å²) >= 11 is 0. The SMILES string of the molecule is CCCC(C)N(C)c1nc(CC)nc(N)c1C. The van der Waals surface area contributed by atoms with Gasteiger partial charge in [-0.15, -0.1) is 0 Å². The van der Waals surface area contributed by atoms with Gasteiger partial charge in [-0.2, -0.15) is 0 Å². The molecule has 0 radical (unpaired) electrons. The van der Waals surface area contributed by atoms with E-state index in [4.69, 9.17) is 5.73 Å². The first-order valence-corrected chi connectivity index (χ1v) is 6.37. The van der Waals surface area contributed by atoms with E-state index < -0.39 is 0 Å². The smallest absolute Gasteiger partial charge is 0.137 e. The first kappa shape index (κ1) is 13.7. The molecule has 0 aliphatic carbocycles. The third kappa shape index (κ3) is 3.08. The molecule has 17 heavy (non-hydrogen) atoms. The Kier molecular flexibility index (Phi) is 4.73. The standard InChI is InChI=1S/C13H24N4/c1-6-8-9(3)17(5)13-10(4)12(14)15-11(7-2)16-13/h9H,6-8H2,1-5H3,(H2,14,15,16). The Morgan fingerprint density at radius 3 is 2.47 bits per heavy atom. The third-order valence-electron chi connectivity index (χ3n) is 3.22. The summed E-state index contributed by atoms with van der Waals surface area (Å²) in [7, 11) is 2.08. The van der Waals surface area contributed by atoms with Crippen LogP contribution >= 0.6 is 0 Å². The largest absolute Gasteiger partial charge is 0.383 e. The van der Waals surface area contributed by atoms with Gasteiger partial charge in [0.1, 0.15) is 17.5 Å². The van der Waals surface area contributed by atoms with Crippen LogP contribution in [0.4, 0.5) is 11.6 Å². The molecule has 1 unspecified atom stereocenters. The molecule has 1 heterocycles. The average molecular weight is 236 g/mol. The van der Waals surface area contributed by atoms with Crippen LogP contribution in [0.3, 0.4) is 0 Å². The van der Waals surface area contributed by atoms with Crippen molar-refractivity contribution in [3.8, 4) is 0 Å². The van der Waals surface area contributed by atoms with Crippen LogP contribution < -0.4 is 10.6 Å². The second kappa shape index (κ2) is 5.84. The molecule has 0 saturated heterocycles. The number of rotatable bonds is 5. The monoisotopic (exact) mass is 236 g/mol. The summed E-state index contributed by atoms with van der Waals surface area (Å²) in [6.45, 7) is 8.44. The van der Waals surface area contributed by atoms with Gasteiger partial charge in [0, 0.05) is 25.1 Å². The molecule has 96 valence electrons. The number of aryl methyl sites for hydroxylation is 1. The van der Waals surface area contributed by atoms with Gasteiger partial charge in [-0.3, -0.25) is 0 Å². The van der Waals surface area contributed by atoms with Crippen LogP contribution in [-0.4, -0.2) is 23.1 Å². The minimum absolute atomic E-state index is 0.470. The number of nitrogens with zero attached hydrogens (tertiary/aromatic N) is 3. The zero-order valence-electron chi connectivity index (χ0n) is 11.6. The zero-order valence-corrected chi connectivity index (χ0v) is 11.6. The highest BCUT2D eigenvalue weighted by Gasteiger charge is 2.16. The molecule has 0 aromatic carbocycles. The van der Waals surface area contributed by atoms with E-state index in [2.05, 4.69) is 35.8 Å². The maximum Gasteiger partial charge on any atom is 0.137 e. The minimum atomic E-state index is 0.470. The summed E-state index contributed by atoms with van der Waals surface area (Å²) in [4.78, 5) is 11.1. The van der Waals surface area contributed by atoms with Gasteiger partial charge < -0.3 is 10.6 Å². The first-order chi connectivity index (χ1) is 8.01. The number of aromatic nitrogens is 2. The quantitative estimate of drug-likeness (QED) is 0.853. The van der Waals surface area contributed by atoms with Crippen molar-refractivity contribution in [2.75, 3.05) is 17.7 Å². The normalized spacial score (nSPS) is 12.5. The molecule has 0 bridgehead atoms. The second-order valence-corrected chi connectivity index (χ2v) is 4.58. The van der Waals surface area contributed by atoms with E-state index in [1.807, 2.05) is 13.8 Å². The Labute approximate surface area is 104 Å². The summed E-state index contributed by atoms with van der Waals surface area (Å²) in [5.41, 5.74) is 6.91. The van der Waals surface area contributed by atoms with E-state index in [1.54, 1.807) is 0 Å². The summed E-state index contributed by atoms with van der Waals surface area (Å²) in [6.07, 6.45) is 3.14. The molecule has 2 N–H and O–H groups in total. The molecule has 4 nitrogen and oxygen atoms in total. The van der Waals surface area contributed by atoms with Crippen LogP contribution in [0.2, 0.25) is 0 Å². The Bertz CT molecular complexity index is 376. The number of anilines is 2. The van der Waals surface area contributed by atoms with Gasteiger partial charge in [-0.25, -0.2) is 9.97 Å². The van der Waals surface area contributed by atoms with E-state index in [1.165, 1.54) is 6.42 Å². The number of hydrogen-bond acceptors (Lipinski definition) is 4. The van der Waals surface area contributed by atoms with Gasteiger partial charge in [0.25, 0.3) is 0 Å². The molecule has 1 atom stereocenters. The highest BCUT2D eigenvalue weighted by molar-refractivity contribution is 5.56. The van der Waals surface area contributed by atoms with Gasteiger partial charge in [0.2, 0.25) is 0 Å². The molecule has 1 rings (SSSR count). The molecule has 1 aromatic heterocycles. The lowest BCUT2D eigenvalue weighted by Crippen LogP contribution is -2.30. The first-order valence-electron chi connectivity index (χ1n) is 6.37. The molecular formula is C13H24N4. The molecule has 0 aliphatic heterocycles. The van der Waals surface area contributed by atoms with Gasteiger partial charge in [0.15, 0.2) is 0 Å². The molecular weight excluding hydrogens is 212 g/mol. The van der Waals surface area contributed by atoms with Gasteiger partial charge >= 0.3 is 0 Å². The molecule has 4 heteroatoms. The molecule has 1 aromatic rings. The van der Waals surface area contributed by atoms with Crippen LogP contribution in [0.1, 0.15) is 45.0 Å². The molecule has 0 saturated carbocycles. The van der Waals surface area contributed by atoms with Gasteiger partial charge in [0.05, 0.1) is 0 Å². The fourth-order valence-corrected chi connectivity index (χ4v) is 1.89. The summed E-state index contributed by atoms with van der Waals surface area (Å²) in [6, 6.07) is 0.470. The number of nitrogens with two attached hydrogens (primary N) is 1. The Balaban J connectivity index is 3.07. The topological polar surface area (TPSA) is 55.0 Å². The Morgan fingerprint density at radius 2 is 1.94 bits per heavy atom. The molecule has 0 fully saturated rings. The minimum Gasteiger partial charge on any atom is -0.383 e. The van der Waals surface area contributed by atoms with Gasteiger partial charge in [-0.05, 0) is 20.3 Å². The van der Waals surface area contributed by atoms with E-state index >= 15 is 0 Å². The van der Waals surface area contributed by atoms with Crippen molar-refractivity contribution in [2.45, 2.75) is 53.0 Å². The van der Waals surface area contributed by atoms with Crippen molar-refractivity contribution in [3.63, 3.8) is 0 Å². The highest BCUT2D eigenvalue weighted by Crippen LogP contribution is 2.23. The van der Waals surface area contributed by atoms with E-state index in [0.717, 1.165) is 30.0 Å². The van der Waals surface area contributed by atoms with Crippen molar-refractivity contribution in [2.24, 2.45) is 0 Å². The number of hydrogen-bond donors (Lipinski definition) is 1. The van der Waals surface area contributed by atoms with Crippen LogP contribution in [-0.2, 0) is 6.42 Å². The lowest BCUT2D eigenvalue weighted by molar-refractivity contribution is 0.608. The third-order valence-corrected chi connectivity index (χ3v) is 3.22. The molecule has 0 spiro atoms. The van der Waals surface area contributed by atoms with Crippen LogP contribution in [0.5, 0.6) is 0 Å². The lowest BCUT2D eigenvalue weighted by Gasteiger charge is -2.27. The van der Waals surface area contributed by atoms with Crippen molar-refractivity contribution in [1.82, 2.24) is 9.97 Å². The van der Waals surface area contributed by atoms with Crippen molar-refractivity contribution < 1.29 is 0 Å². The predicted molar refractivity (Wildman–Crippen MR) is 73.3 cm³/mol. The maximum atomic E-state index is 5.93. The summed E-state index contributed by atoms with van der Waals surface area (Å²) in [5, 5.41) is 0. The van der Waals surface area contributed by atoms with E-state index in [9.17, 15) is 0 Å². The second-order valence-electron chi connectivity index (χ2n) is 4.58. The average Bonchev–Trinajstić information content (AvgIpc) is 2.31. The Hall–Kier alpha value is -1.32. The molecule has 0 aliphatic rings. The fourth-order valence-electron chi connectivity index (χ4n) is 1.89. The van der Waals surface area contributed by atoms with Crippen molar-refractivity contribution in [1.29, 1.82) is 0 Å². The fraction of sp³-hybridized carbons (Fsp3) is 0.692. The maximum absolute atomic E-state index is 5.93. The summed E-state index contributed by atoms with van der Waals surface area (Å²) in [5.74, 6) is 2.39. The van der Waals surface area contributed by atoms with E-state index in [-0.39, 0.29) is 0 Å². The predicted octanol–water partition coefficient (Wildman–Crippen LogP) is 2.55. The van der Waals surface area contributed by atoms with Crippen LogP contribution in [0, 0.1) is 6.92 Å². The summed E-state index contributed by atoms with van der Waals surface area (Å²) < 4.78 is 0. The van der Waals surface area contributed by atoms with Crippen molar-refractivity contribution in [3.05, 3.63) is 11.4 Å². The lowest BCUT2D eigenvalue weighted by atomic mass is 10.1. The Morgan fingerprint density at radius 1 is 1.29 bits per heavy atom. The van der Waals surface area contributed by atoms with Crippen molar-refractivity contribution >= 4 is 11.6 Å². The van der Waals surface area contributed by atoms with Crippen LogP contribution in [0.15, 0.2) is 0 Å². The van der Waals surface area contributed by atoms with Crippen LogP contribution in [0.25, 0.3) is 0 Å². The van der Waals surface area contributed by atoms with Gasteiger partial charge in [-0.1, -0.05) is 20.3 Å². The molecule has 0 amide bonds. The van der Waals surface area contributed by atoms with E-state index in [0.29, 0.717) is 11.9 Å². The highest BCUT2D eigenvalue weighted by atomic mass is 15.2.